The Morgan fingerprint density at radius 3 is 2.50 bits per heavy atom. The van der Waals surface area contributed by atoms with Gasteiger partial charge >= 0.3 is 0 Å². The number of carbonyl (C=O) groups is 2. The molecule has 1 aliphatic heterocycles. The van der Waals surface area contributed by atoms with Gasteiger partial charge in [-0.15, -0.1) is 0 Å². The summed E-state index contributed by atoms with van der Waals surface area (Å²) in [6.07, 6.45) is 1.79. The van der Waals surface area contributed by atoms with Crippen molar-refractivity contribution in [1.29, 1.82) is 0 Å². The van der Waals surface area contributed by atoms with Gasteiger partial charge in [0.25, 0.3) is 0 Å². The normalized spacial score (nSPS) is 16.2. The third kappa shape index (κ3) is 3.52. The standard InChI is InChI=1S/C22H28N4O2/c1-6-26-18-10-9-16(13-23-14-17-8-7-11-24-15(17)2)12-19(18)25(5)20(27)22(3,4)21(26)28/h7-12,23H,6,13-14H2,1-5H3. The summed E-state index contributed by atoms with van der Waals surface area (Å²) in [5, 5.41) is 3.43. The Morgan fingerprint density at radius 2 is 1.82 bits per heavy atom. The smallest absolute Gasteiger partial charge is 0.242 e. The first kappa shape index (κ1) is 20.0. The van der Waals surface area contributed by atoms with Gasteiger partial charge < -0.3 is 15.1 Å². The van der Waals surface area contributed by atoms with Crippen molar-refractivity contribution in [3.05, 3.63) is 53.3 Å². The van der Waals surface area contributed by atoms with Gasteiger partial charge in [-0.2, -0.15) is 0 Å². The van der Waals surface area contributed by atoms with Crippen molar-refractivity contribution in [2.75, 3.05) is 23.4 Å². The van der Waals surface area contributed by atoms with Crippen LogP contribution in [-0.4, -0.2) is 30.4 Å². The van der Waals surface area contributed by atoms with Gasteiger partial charge in [-0.05, 0) is 57.0 Å². The number of anilines is 2. The zero-order chi connectivity index (χ0) is 20.5. The number of rotatable bonds is 5. The highest BCUT2D eigenvalue weighted by atomic mass is 16.2. The van der Waals surface area contributed by atoms with E-state index in [0.29, 0.717) is 13.1 Å². The van der Waals surface area contributed by atoms with Crippen LogP contribution in [0.3, 0.4) is 0 Å². The molecule has 0 saturated carbocycles. The Bertz CT molecular complexity index is 907. The van der Waals surface area contributed by atoms with E-state index in [1.165, 1.54) is 0 Å². The summed E-state index contributed by atoms with van der Waals surface area (Å²) in [6.45, 7) is 9.22. The first-order valence-electron chi connectivity index (χ1n) is 9.61. The minimum Gasteiger partial charge on any atom is -0.313 e. The molecule has 0 saturated heterocycles. The van der Waals surface area contributed by atoms with E-state index in [1.807, 2.05) is 38.1 Å². The second-order valence-electron chi connectivity index (χ2n) is 7.71. The van der Waals surface area contributed by atoms with Gasteiger partial charge in [0.05, 0.1) is 11.4 Å². The van der Waals surface area contributed by atoms with Crippen molar-refractivity contribution in [3.8, 4) is 0 Å². The van der Waals surface area contributed by atoms with E-state index in [1.54, 1.807) is 36.9 Å². The molecule has 0 atom stereocenters. The van der Waals surface area contributed by atoms with E-state index in [4.69, 9.17) is 0 Å². The van der Waals surface area contributed by atoms with Crippen LogP contribution < -0.4 is 15.1 Å². The number of amides is 2. The highest BCUT2D eigenvalue weighted by Crippen LogP contribution is 2.38. The molecule has 1 aromatic heterocycles. The van der Waals surface area contributed by atoms with Crippen LogP contribution in [0, 0.1) is 12.3 Å². The number of fused-ring (bicyclic) bond motifs is 1. The molecular weight excluding hydrogens is 352 g/mol. The number of hydrogen-bond donors (Lipinski definition) is 1. The second kappa shape index (κ2) is 7.72. The number of benzene rings is 1. The lowest BCUT2D eigenvalue weighted by atomic mass is 9.90. The molecule has 6 heteroatoms. The van der Waals surface area contributed by atoms with E-state index < -0.39 is 5.41 Å². The maximum absolute atomic E-state index is 12.9. The van der Waals surface area contributed by atoms with Crippen molar-refractivity contribution in [1.82, 2.24) is 10.3 Å². The van der Waals surface area contributed by atoms with Crippen LogP contribution in [0.2, 0.25) is 0 Å². The summed E-state index contributed by atoms with van der Waals surface area (Å²) in [5.41, 5.74) is 3.70. The van der Waals surface area contributed by atoms with Crippen molar-refractivity contribution >= 4 is 23.2 Å². The summed E-state index contributed by atoms with van der Waals surface area (Å²) >= 11 is 0. The minimum absolute atomic E-state index is 0.163. The summed E-state index contributed by atoms with van der Waals surface area (Å²) in [6, 6.07) is 9.94. The van der Waals surface area contributed by atoms with Gasteiger partial charge in [-0.3, -0.25) is 14.6 Å². The van der Waals surface area contributed by atoms with E-state index >= 15 is 0 Å². The predicted octanol–water partition coefficient (Wildman–Crippen LogP) is 3.04. The van der Waals surface area contributed by atoms with E-state index in [9.17, 15) is 9.59 Å². The zero-order valence-electron chi connectivity index (χ0n) is 17.2. The lowest BCUT2D eigenvalue weighted by Crippen LogP contribution is -2.47. The molecule has 0 bridgehead atoms. The highest BCUT2D eigenvalue weighted by molar-refractivity contribution is 6.19. The largest absolute Gasteiger partial charge is 0.313 e. The van der Waals surface area contributed by atoms with E-state index in [-0.39, 0.29) is 11.8 Å². The Labute approximate surface area is 166 Å². The topological polar surface area (TPSA) is 65.5 Å². The Kier molecular flexibility index (Phi) is 5.52. The minimum atomic E-state index is -1.08. The number of nitrogens with zero attached hydrogens (tertiary/aromatic N) is 3. The molecule has 0 unspecified atom stereocenters. The molecular formula is C22H28N4O2. The van der Waals surface area contributed by atoms with Crippen LogP contribution >= 0.6 is 0 Å². The second-order valence-corrected chi connectivity index (χ2v) is 7.71. The van der Waals surface area contributed by atoms with Crippen LogP contribution in [0.4, 0.5) is 11.4 Å². The SMILES string of the molecule is CCN1C(=O)C(C)(C)C(=O)N(C)c2cc(CNCc3cccnc3C)ccc21. The molecule has 3 rings (SSSR count). The first-order valence-corrected chi connectivity index (χ1v) is 9.61. The molecule has 1 aromatic carbocycles. The van der Waals surface area contributed by atoms with Gasteiger partial charge in [0.1, 0.15) is 5.41 Å². The van der Waals surface area contributed by atoms with Gasteiger partial charge in [-0.1, -0.05) is 12.1 Å². The summed E-state index contributed by atoms with van der Waals surface area (Å²) < 4.78 is 0. The van der Waals surface area contributed by atoms with E-state index in [2.05, 4.69) is 16.4 Å². The molecule has 0 aliphatic carbocycles. The monoisotopic (exact) mass is 380 g/mol. The van der Waals surface area contributed by atoms with Crippen LogP contribution in [0.15, 0.2) is 36.5 Å². The first-order chi connectivity index (χ1) is 13.3. The Balaban J connectivity index is 1.85. The van der Waals surface area contributed by atoms with Gasteiger partial charge in [0, 0.05) is 38.6 Å². The van der Waals surface area contributed by atoms with Crippen LogP contribution in [-0.2, 0) is 22.7 Å². The fourth-order valence-corrected chi connectivity index (χ4v) is 3.60. The van der Waals surface area contributed by atoms with Crippen molar-refractivity contribution in [2.24, 2.45) is 5.41 Å². The quantitative estimate of drug-likeness (QED) is 0.810. The number of carbonyl (C=O) groups excluding carboxylic acids is 2. The Hall–Kier alpha value is -2.73. The third-order valence-corrected chi connectivity index (χ3v) is 5.39. The van der Waals surface area contributed by atoms with Gasteiger partial charge in [-0.25, -0.2) is 0 Å². The lowest BCUT2D eigenvalue weighted by Gasteiger charge is -2.27. The number of aromatic nitrogens is 1. The lowest BCUT2D eigenvalue weighted by molar-refractivity contribution is -0.137. The molecule has 0 fully saturated rings. The number of aryl methyl sites for hydroxylation is 1. The molecule has 1 N–H and O–H groups in total. The third-order valence-electron chi connectivity index (χ3n) is 5.39. The molecule has 2 amide bonds. The predicted molar refractivity (Wildman–Crippen MR) is 111 cm³/mol. The molecule has 2 heterocycles. The van der Waals surface area contributed by atoms with Crippen LogP contribution in [0.25, 0.3) is 0 Å². The highest BCUT2D eigenvalue weighted by Gasteiger charge is 2.45. The van der Waals surface area contributed by atoms with Gasteiger partial charge in [0.2, 0.25) is 11.8 Å². The molecule has 28 heavy (non-hydrogen) atoms. The van der Waals surface area contributed by atoms with Gasteiger partial charge in [0.15, 0.2) is 0 Å². The molecule has 148 valence electrons. The summed E-state index contributed by atoms with van der Waals surface area (Å²) in [7, 11) is 1.74. The maximum atomic E-state index is 12.9. The van der Waals surface area contributed by atoms with Crippen LogP contribution in [0.5, 0.6) is 0 Å². The fourth-order valence-electron chi connectivity index (χ4n) is 3.60. The molecule has 0 spiro atoms. The van der Waals surface area contributed by atoms with E-state index in [0.717, 1.165) is 34.7 Å². The van der Waals surface area contributed by atoms with Crippen molar-refractivity contribution in [3.63, 3.8) is 0 Å². The van der Waals surface area contributed by atoms with Crippen LogP contribution in [0.1, 0.15) is 37.6 Å². The Morgan fingerprint density at radius 1 is 1.07 bits per heavy atom. The average molecular weight is 380 g/mol. The molecule has 0 radical (unpaired) electrons. The molecule has 1 aliphatic rings. The number of nitrogens with one attached hydrogen (secondary N) is 1. The fraction of sp³-hybridized carbons (Fsp3) is 0.409. The zero-order valence-corrected chi connectivity index (χ0v) is 17.2. The number of hydrogen-bond acceptors (Lipinski definition) is 4. The number of pyridine rings is 1. The molecule has 6 nitrogen and oxygen atoms in total. The van der Waals surface area contributed by atoms with Crippen molar-refractivity contribution < 1.29 is 9.59 Å². The van der Waals surface area contributed by atoms with Crippen molar-refractivity contribution in [2.45, 2.75) is 40.8 Å². The average Bonchev–Trinajstić information content (AvgIpc) is 2.73. The maximum Gasteiger partial charge on any atom is 0.242 e. The summed E-state index contributed by atoms with van der Waals surface area (Å²) in [4.78, 5) is 33.4. The molecule has 2 aromatic rings. The summed E-state index contributed by atoms with van der Waals surface area (Å²) in [5.74, 6) is -0.352.